The van der Waals surface area contributed by atoms with Gasteiger partial charge in [0.25, 0.3) is 0 Å². The van der Waals surface area contributed by atoms with Crippen molar-refractivity contribution in [2.24, 2.45) is 0 Å². The molecule has 62 valence electrons. The van der Waals surface area contributed by atoms with Crippen LogP contribution in [-0.4, -0.2) is 0 Å². The van der Waals surface area contributed by atoms with E-state index in [-0.39, 0.29) is 0 Å². The van der Waals surface area contributed by atoms with E-state index >= 15 is 0 Å². The average Bonchev–Trinajstić information content (AvgIpc) is 2.11. The summed E-state index contributed by atoms with van der Waals surface area (Å²) in [6.07, 6.45) is 7.17. The molecule has 0 atom stereocenters. The van der Waals surface area contributed by atoms with Gasteiger partial charge in [-0.25, -0.2) is 0 Å². The van der Waals surface area contributed by atoms with Gasteiger partial charge in [0.15, 0.2) is 0 Å². The second kappa shape index (κ2) is 5.76. The zero-order valence-electron chi connectivity index (χ0n) is 6.99. The van der Waals surface area contributed by atoms with E-state index < -0.39 is 0 Å². The lowest BCUT2D eigenvalue weighted by molar-refractivity contribution is 0.709. The summed E-state index contributed by atoms with van der Waals surface area (Å²) in [5.74, 6) is 11.8. The van der Waals surface area contributed by atoms with E-state index in [1.54, 1.807) is 6.08 Å². The summed E-state index contributed by atoms with van der Waals surface area (Å²) in [5, 5.41) is 0.560. The predicted molar refractivity (Wildman–Crippen MR) is 52.6 cm³/mol. The van der Waals surface area contributed by atoms with E-state index in [1.807, 2.05) is 0 Å². The second-order valence-electron chi connectivity index (χ2n) is 2.68. The molecule has 0 aliphatic heterocycles. The zero-order valence-corrected chi connectivity index (χ0v) is 7.75. The fourth-order valence-corrected chi connectivity index (χ4v) is 1.09. The van der Waals surface area contributed by atoms with Crippen LogP contribution in [0.15, 0.2) is 11.1 Å². The largest absolute Gasteiger partial charge is 0.0987 e. The molecule has 0 heterocycles. The van der Waals surface area contributed by atoms with Gasteiger partial charge in [0.05, 0.1) is 5.03 Å². The number of hydrogen-bond donors (Lipinski definition) is 0. The van der Waals surface area contributed by atoms with Crippen LogP contribution < -0.4 is 0 Å². The minimum atomic E-state index is 0.560. The number of allylic oxidation sites excluding steroid dienone is 2. The van der Waals surface area contributed by atoms with Crippen molar-refractivity contribution < 1.29 is 0 Å². The van der Waals surface area contributed by atoms with E-state index in [9.17, 15) is 0 Å². The van der Waals surface area contributed by atoms with Gasteiger partial charge in [0.1, 0.15) is 0 Å². The standard InChI is InChI=1S/C11H11Cl/c12-11-9-7-5-3-1-2-4-6-8-10-11/h10H,1-5H2/b11-10+. The molecule has 0 saturated carbocycles. The summed E-state index contributed by atoms with van der Waals surface area (Å²) in [7, 11) is 0. The molecule has 1 aliphatic carbocycles. The van der Waals surface area contributed by atoms with Gasteiger partial charge >= 0.3 is 0 Å². The lowest BCUT2D eigenvalue weighted by atomic mass is 10.1. The van der Waals surface area contributed by atoms with E-state index in [0.717, 1.165) is 12.8 Å². The smallest absolute Gasteiger partial charge is 0.0984 e. The lowest BCUT2D eigenvalue weighted by Gasteiger charge is -1.90. The fourth-order valence-electron chi connectivity index (χ4n) is 0.973. The third-order valence-electron chi connectivity index (χ3n) is 1.61. The van der Waals surface area contributed by atoms with Crippen LogP contribution in [-0.2, 0) is 0 Å². The van der Waals surface area contributed by atoms with E-state index in [0.29, 0.717) is 5.03 Å². The molecule has 0 aromatic carbocycles. The third-order valence-corrected chi connectivity index (χ3v) is 1.82. The van der Waals surface area contributed by atoms with Gasteiger partial charge in [-0.2, -0.15) is 0 Å². The van der Waals surface area contributed by atoms with Crippen LogP contribution in [0.5, 0.6) is 0 Å². The molecule has 0 spiro atoms. The van der Waals surface area contributed by atoms with E-state index in [1.165, 1.54) is 19.3 Å². The maximum Gasteiger partial charge on any atom is 0.0987 e. The monoisotopic (exact) mass is 178 g/mol. The van der Waals surface area contributed by atoms with Crippen molar-refractivity contribution in [2.45, 2.75) is 32.1 Å². The van der Waals surface area contributed by atoms with Gasteiger partial charge in [-0.05, 0) is 12.8 Å². The minimum absolute atomic E-state index is 0.560. The van der Waals surface area contributed by atoms with Gasteiger partial charge in [0, 0.05) is 18.9 Å². The first-order valence-electron chi connectivity index (χ1n) is 4.22. The summed E-state index contributed by atoms with van der Waals surface area (Å²) >= 11 is 5.76. The molecule has 0 radical (unpaired) electrons. The first kappa shape index (κ1) is 9.24. The third kappa shape index (κ3) is 4.12. The Bertz CT molecular complexity index is 278. The van der Waals surface area contributed by atoms with Crippen molar-refractivity contribution in [1.29, 1.82) is 0 Å². The van der Waals surface area contributed by atoms with Crippen LogP contribution >= 0.6 is 11.6 Å². The topological polar surface area (TPSA) is 0 Å². The molecule has 0 fully saturated rings. The van der Waals surface area contributed by atoms with Crippen LogP contribution in [0.3, 0.4) is 0 Å². The molecular weight excluding hydrogens is 168 g/mol. The molecule has 0 N–H and O–H groups in total. The Morgan fingerprint density at radius 2 is 1.83 bits per heavy atom. The molecule has 1 heteroatoms. The summed E-state index contributed by atoms with van der Waals surface area (Å²) in [6, 6.07) is 0. The molecule has 0 amide bonds. The summed E-state index contributed by atoms with van der Waals surface area (Å²) < 4.78 is 0. The molecule has 0 nitrogen and oxygen atoms in total. The Morgan fingerprint density at radius 1 is 1.08 bits per heavy atom. The second-order valence-corrected chi connectivity index (χ2v) is 3.08. The first-order chi connectivity index (χ1) is 5.89. The summed E-state index contributed by atoms with van der Waals surface area (Å²) in [6.45, 7) is 0. The number of halogens is 1. The van der Waals surface area contributed by atoms with Gasteiger partial charge in [-0.15, -0.1) is 0 Å². The quantitative estimate of drug-likeness (QED) is 0.500. The lowest BCUT2D eigenvalue weighted by Crippen LogP contribution is -1.74. The summed E-state index contributed by atoms with van der Waals surface area (Å²) in [5.41, 5.74) is 0. The Balaban J connectivity index is 2.61. The van der Waals surface area contributed by atoms with Gasteiger partial charge < -0.3 is 0 Å². The van der Waals surface area contributed by atoms with Crippen LogP contribution in [0.2, 0.25) is 0 Å². The molecule has 12 heavy (non-hydrogen) atoms. The molecule has 0 aromatic rings. The highest BCUT2D eigenvalue weighted by molar-refractivity contribution is 6.32. The molecule has 0 bridgehead atoms. The Morgan fingerprint density at radius 3 is 2.67 bits per heavy atom. The molecule has 1 aliphatic rings. The van der Waals surface area contributed by atoms with Gasteiger partial charge in [0.2, 0.25) is 0 Å². The van der Waals surface area contributed by atoms with E-state index in [4.69, 9.17) is 11.6 Å². The Labute approximate surface area is 79.0 Å². The maximum absolute atomic E-state index is 5.76. The zero-order chi connectivity index (χ0) is 8.65. The molecule has 0 unspecified atom stereocenters. The molecule has 0 aromatic heterocycles. The first-order valence-corrected chi connectivity index (χ1v) is 4.60. The van der Waals surface area contributed by atoms with Crippen molar-refractivity contribution in [3.8, 4) is 23.7 Å². The highest BCUT2D eigenvalue weighted by Crippen LogP contribution is 2.04. The molecule has 1 rings (SSSR count). The molecular formula is C11H11Cl. The van der Waals surface area contributed by atoms with Crippen LogP contribution in [0.25, 0.3) is 0 Å². The highest BCUT2D eigenvalue weighted by Gasteiger charge is 1.87. The normalized spacial score (nSPS) is 21.6. The average molecular weight is 179 g/mol. The van der Waals surface area contributed by atoms with Gasteiger partial charge in [-0.1, -0.05) is 41.7 Å². The molecule has 0 saturated heterocycles. The maximum atomic E-state index is 5.76. The number of hydrogen-bond acceptors (Lipinski definition) is 0. The van der Waals surface area contributed by atoms with E-state index in [2.05, 4.69) is 23.7 Å². The Hall–Kier alpha value is -0.850. The Kier molecular flexibility index (Phi) is 4.43. The van der Waals surface area contributed by atoms with Crippen molar-refractivity contribution in [1.82, 2.24) is 0 Å². The van der Waals surface area contributed by atoms with Crippen LogP contribution in [0.1, 0.15) is 32.1 Å². The van der Waals surface area contributed by atoms with Crippen molar-refractivity contribution in [3.05, 3.63) is 11.1 Å². The highest BCUT2D eigenvalue weighted by atomic mass is 35.5. The fraction of sp³-hybridized carbons (Fsp3) is 0.455. The van der Waals surface area contributed by atoms with Crippen molar-refractivity contribution >= 4 is 11.6 Å². The van der Waals surface area contributed by atoms with Crippen LogP contribution in [0, 0.1) is 23.7 Å². The SMILES string of the molecule is Cl/C1=C/C#CCCCCCC#C1. The van der Waals surface area contributed by atoms with Gasteiger partial charge in [-0.3, -0.25) is 0 Å². The summed E-state index contributed by atoms with van der Waals surface area (Å²) in [4.78, 5) is 0. The van der Waals surface area contributed by atoms with Crippen molar-refractivity contribution in [2.75, 3.05) is 0 Å². The number of rotatable bonds is 0. The minimum Gasteiger partial charge on any atom is -0.0984 e. The predicted octanol–water partition coefficient (Wildman–Crippen LogP) is 3.08. The van der Waals surface area contributed by atoms with Crippen LogP contribution in [0.4, 0.5) is 0 Å². The van der Waals surface area contributed by atoms with Crippen molar-refractivity contribution in [3.63, 3.8) is 0 Å².